The van der Waals surface area contributed by atoms with Gasteiger partial charge in [-0.2, -0.15) is 0 Å². The maximum atomic E-state index is 9.51. The van der Waals surface area contributed by atoms with Gasteiger partial charge in [0, 0.05) is 0 Å². The first kappa shape index (κ1) is 6.61. The van der Waals surface area contributed by atoms with Crippen LogP contribution >= 0.6 is 0 Å². The van der Waals surface area contributed by atoms with Crippen LogP contribution in [0, 0.1) is 0 Å². The first-order valence-corrected chi connectivity index (χ1v) is 2.69. The number of hydrogen-bond acceptors (Lipinski definition) is 3. The number of carbonyl (C=O) groups excluding carboxylic acids is 1. The lowest BCUT2D eigenvalue weighted by Gasteiger charge is -1.95. The molecule has 0 heterocycles. The monoisotopic (exact) mass is 137 g/mol. The minimum absolute atomic E-state index is 0.478. The molecular formula is C7H5O3. The molecule has 1 aromatic rings. The third kappa shape index (κ3) is 1.78. The van der Waals surface area contributed by atoms with E-state index in [0.717, 1.165) is 6.47 Å². The van der Waals surface area contributed by atoms with Crippen LogP contribution in [-0.4, -0.2) is 6.47 Å². The van der Waals surface area contributed by atoms with E-state index in [1.165, 1.54) is 0 Å². The van der Waals surface area contributed by atoms with Crippen molar-refractivity contribution in [2.45, 2.75) is 0 Å². The van der Waals surface area contributed by atoms with Gasteiger partial charge in [-0.05, 0) is 12.1 Å². The molecule has 0 spiro atoms. The Bertz CT molecular complexity index is 195. The molecule has 1 radical (unpaired) electrons. The Kier molecular flexibility index (Phi) is 2.31. The van der Waals surface area contributed by atoms with Crippen molar-refractivity contribution in [2.75, 3.05) is 0 Å². The highest BCUT2D eigenvalue weighted by molar-refractivity contribution is 5.37. The molecule has 0 aliphatic rings. The molecule has 0 aromatic heterocycles. The molecule has 0 atom stereocenters. The van der Waals surface area contributed by atoms with Crippen LogP contribution in [0.3, 0.4) is 0 Å². The number of rotatable bonds is 3. The van der Waals surface area contributed by atoms with E-state index in [4.69, 9.17) is 0 Å². The molecule has 0 saturated heterocycles. The van der Waals surface area contributed by atoms with Crippen LogP contribution in [0.25, 0.3) is 0 Å². The van der Waals surface area contributed by atoms with Gasteiger partial charge in [0.1, 0.15) is 0 Å². The van der Waals surface area contributed by atoms with Gasteiger partial charge in [0.2, 0.25) is 0 Å². The van der Waals surface area contributed by atoms with Gasteiger partial charge in [-0.25, -0.2) is 9.68 Å². The quantitative estimate of drug-likeness (QED) is 0.461. The summed E-state index contributed by atoms with van der Waals surface area (Å²) in [6.45, 7) is 1.14. The third-order valence-corrected chi connectivity index (χ3v) is 0.915. The van der Waals surface area contributed by atoms with E-state index >= 15 is 0 Å². The lowest BCUT2D eigenvalue weighted by Crippen LogP contribution is -1.92. The van der Waals surface area contributed by atoms with Gasteiger partial charge >= 0.3 is 6.47 Å². The lowest BCUT2D eigenvalue weighted by molar-refractivity contribution is -0.118. The van der Waals surface area contributed by atoms with Crippen LogP contribution < -0.4 is 4.89 Å². The van der Waals surface area contributed by atoms with Crippen LogP contribution in [0.15, 0.2) is 30.3 Å². The summed E-state index contributed by atoms with van der Waals surface area (Å²) in [6.07, 6.45) is 0. The largest absolute Gasteiger partial charge is 0.467 e. The summed E-state index contributed by atoms with van der Waals surface area (Å²) in [5.74, 6) is 0.478. The van der Waals surface area contributed by atoms with Crippen LogP contribution in [-0.2, 0) is 9.68 Å². The molecule has 1 aromatic carbocycles. The van der Waals surface area contributed by atoms with Gasteiger partial charge in [0.25, 0.3) is 0 Å². The minimum Gasteiger partial charge on any atom is -0.286 e. The molecule has 10 heavy (non-hydrogen) atoms. The minimum atomic E-state index is 0.478. The van der Waals surface area contributed by atoms with E-state index in [2.05, 4.69) is 9.78 Å². The summed E-state index contributed by atoms with van der Waals surface area (Å²) in [4.78, 5) is 17.9. The second-order valence-corrected chi connectivity index (χ2v) is 1.56. The first-order chi connectivity index (χ1) is 4.93. The third-order valence-electron chi connectivity index (χ3n) is 0.915. The number of para-hydroxylation sites is 1. The highest BCUT2D eigenvalue weighted by Gasteiger charge is 1.89. The van der Waals surface area contributed by atoms with Crippen molar-refractivity contribution < 1.29 is 14.6 Å². The molecule has 0 unspecified atom stereocenters. The average Bonchev–Trinajstić information content (AvgIpc) is 2.03. The number of hydrogen-bond donors (Lipinski definition) is 0. The fraction of sp³-hybridized carbons (Fsp3) is 0. The van der Waals surface area contributed by atoms with Gasteiger partial charge in [0.15, 0.2) is 5.75 Å². The Hall–Kier alpha value is -1.51. The highest BCUT2D eigenvalue weighted by atomic mass is 17.2. The van der Waals surface area contributed by atoms with Gasteiger partial charge in [0.05, 0.1) is 0 Å². The molecule has 51 valence electrons. The van der Waals surface area contributed by atoms with E-state index in [9.17, 15) is 4.79 Å². The standard InChI is InChI=1S/C7H5O3/c8-6-9-10-7-4-2-1-3-5-7/h1-5H. The van der Waals surface area contributed by atoms with Gasteiger partial charge in [-0.15, -0.1) is 0 Å². The normalized spacial score (nSPS) is 8.40. The van der Waals surface area contributed by atoms with Crippen LogP contribution in [0.5, 0.6) is 5.75 Å². The number of benzene rings is 1. The summed E-state index contributed by atoms with van der Waals surface area (Å²) in [5, 5.41) is 0. The molecule has 1 rings (SSSR count). The zero-order valence-electron chi connectivity index (χ0n) is 5.11. The zero-order valence-corrected chi connectivity index (χ0v) is 5.11. The summed E-state index contributed by atoms with van der Waals surface area (Å²) in [5.41, 5.74) is 0. The Labute approximate surface area is 58.1 Å². The van der Waals surface area contributed by atoms with Crippen molar-refractivity contribution in [3.8, 4) is 5.75 Å². The maximum Gasteiger partial charge on any atom is 0.467 e. The summed E-state index contributed by atoms with van der Waals surface area (Å²) < 4.78 is 0. The second-order valence-electron chi connectivity index (χ2n) is 1.56. The molecule has 0 aliphatic heterocycles. The molecule has 0 bridgehead atoms. The van der Waals surface area contributed by atoms with Crippen molar-refractivity contribution >= 4 is 6.47 Å². The molecule has 0 fully saturated rings. The molecule has 0 aliphatic carbocycles. The van der Waals surface area contributed by atoms with Crippen LogP contribution in [0.2, 0.25) is 0 Å². The molecular weight excluding hydrogens is 132 g/mol. The SMILES string of the molecule is O=[C]OOc1ccccc1. The van der Waals surface area contributed by atoms with Gasteiger partial charge in [-0.3, -0.25) is 4.89 Å². The molecule has 0 N–H and O–H groups in total. The predicted octanol–water partition coefficient (Wildman–Crippen LogP) is 1.06. The van der Waals surface area contributed by atoms with Crippen LogP contribution in [0.4, 0.5) is 0 Å². The van der Waals surface area contributed by atoms with Crippen molar-refractivity contribution in [3.05, 3.63) is 30.3 Å². The second kappa shape index (κ2) is 3.50. The summed E-state index contributed by atoms with van der Waals surface area (Å²) >= 11 is 0. The molecule has 3 nitrogen and oxygen atoms in total. The fourth-order valence-electron chi connectivity index (χ4n) is 0.541. The predicted molar refractivity (Wildman–Crippen MR) is 33.8 cm³/mol. The zero-order chi connectivity index (χ0) is 7.23. The first-order valence-electron chi connectivity index (χ1n) is 2.69. The van der Waals surface area contributed by atoms with Crippen molar-refractivity contribution in [3.63, 3.8) is 0 Å². The van der Waals surface area contributed by atoms with Gasteiger partial charge < -0.3 is 0 Å². The molecule has 0 saturated carbocycles. The topological polar surface area (TPSA) is 35.5 Å². The molecule has 3 heteroatoms. The van der Waals surface area contributed by atoms with E-state index in [1.54, 1.807) is 24.3 Å². The van der Waals surface area contributed by atoms with Gasteiger partial charge in [-0.1, -0.05) is 18.2 Å². The lowest BCUT2D eigenvalue weighted by atomic mass is 10.3. The van der Waals surface area contributed by atoms with E-state index in [-0.39, 0.29) is 0 Å². The fourth-order valence-corrected chi connectivity index (χ4v) is 0.541. The van der Waals surface area contributed by atoms with Crippen molar-refractivity contribution in [1.29, 1.82) is 0 Å². The Balaban J connectivity index is 2.50. The summed E-state index contributed by atoms with van der Waals surface area (Å²) in [7, 11) is 0. The average molecular weight is 137 g/mol. The summed E-state index contributed by atoms with van der Waals surface area (Å²) in [6, 6.07) is 8.69. The molecule has 0 amide bonds. The van der Waals surface area contributed by atoms with E-state index < -0.39 is 0 Å². The van der Waals surface area contributed by atoms with Crippen molar-refractivity contribution in [1.82, 2.24) is 0 Å². The highest BCUT2D eigenvalue weighted by Crippen LogP contribution is 2.07. The maximum absolute atomic E-state index is 9.51. The Morgan fingerprint density at radius 3 is 2.50 bits per heavy atom. The van der Waals surface area contributed by atoms with Crippen LogP contribution in [0.1, 0.15) is 0 Å². The Morgan fingerprint density at radius 1 is 1.20 bits per heavy atom. The Morgan fingerprint density at radius 2 is 1.90 bits per heavy atom. The smallest absolute Gasteiger partial charge is 0.286 e. The van der Waals surface area contributed by atoms with Crippen molar-refractivity contribution in [2.24, 2.45) is 0 Å². The van der Waals surface area contributed by atoms with E-state index in [0.29, 0.717) is 5.75 Å². The van der Waals surface area contributed by atoms with E-state index in [1.807, 2.05) is 6.07 Å².